The highest BCUT2D eigenvalue weighted by Crippen LogP contribution is 2.29. The third-order valence-corrected chi connectivity index (χ3v) is 6.18. The molecule has 1 aromatic heterocycles. The summed E-state index contributed by atoms with van der Waals surface area (Å²) < 4.78 is 0. The summed E-state index contributed by atoms with van der Waals surface area (Å²) in [7, 11) is 0. The van der Waals surface area contributed by atoms with Gasteiger partial charge in [0.05, 0.1) is 0 Å². The van der Waals surface area contributed by atoms with Gasteiger partial charge in [0.25, 0.3) is 0 Å². The maximum Gasteiger partial charge on any atom is 0.128 e. The molecule has 2 fully saturated rings. The Morgan fingerprint density at radius 3 is 2.33 bits per heavy atom. The van der Waals surface area contributed by atoms with Gasteiger partial charge in [-0.3, -0.25) is 0 Å². The number of rotatable bonds is 6. The second kappa shape index (κ2) is 8.33. The van der Waals surface area contributed by atoms with E-state index in [0.717, 1.165) is 11.8 Å². The minimum Gasteiger partial charge on any atom is -0.357 e. The van der Waals surface area contributed by atoms with Gasteiger partial charge in [-0.25, -0.2) is 4.98 Å². The van der Waals surface area contributed by atoms with Gasteiger partial charge >= 0.3 is 0 Å². The predicted molar refractivity (Wildman–Crippen MR) is 103 cm³/mol. The van der Waals surface area contributed by atoms with Crippen molar-refractivity contribution in [3.8, 4) is 0 Å². The second-order valence-corrected chi connectivity index (χ2v) is 8.16. The van der Waals surface area contributed by atoms with Gasteiger partial charge in [-0.15, -0.1) is 0 Å². The highest BCUT2D eigenvalue weighted by molar-refractivity contribution is 5.40. The van der Waals surface area contributed by atoms with Crippen LogP contribution in [-0.4, -0.2) is 42.6 Å². The van der Waals surface area contributed by atoms with E-state index in [9.17, 15) is 0 Å². The third-order valence-electron chi connectivity index (χ3n) is 6.18. The molecule has 2 saturated heterocycles. The van der Waals surface area contributed by atoms with E-state index < -0.39 is 0 Å². The van der Waals surface area contributed by atoms with Crippen LogP contribution in [0.5, 0.6) is 0 Å². The van der Waals surface area contributed by atoms with E-state index in [1.807, 2.05) is 0 Å². The molecule has 1 unspecified atom stereocenters. The van der Waals surface area contributed by atoms with Crippen LogP contribution in [0, 0.1) is 11.8 Å². The van der Waals surface area contributed by atoms with E-state index >= 15 is 0 Å². The molecule has 3 nitrogen and oxygen atoms in total. The Morgan fingerprint density at radius 2 is 1.75 bits per heavy atom. The van der Waals surface area contributed by atoms with Crippen molar-refractivity contribution in [3.05, 3.63) is 23.9 Å². The number of hydrogen-bond acceptors (Lipinski definition) is 3. The standard InChI is InChI=1S/C21H35N3/c1-4-23-12-9-19(16-23)6-5-18-10-13-24(14-11-18)21-8-7-20(15-22-21)17(2)3/h7-8,15,17-19H,4-6,9-14,16H2,1-3H3. The second-order valence-electron chi connectivity index (χ2n) is 8.16. The SMILES string of the molecule is CCN1CCC(CCC2CCN(c3ccc(C(C)C)cn3)CC2)C1. The lowest BCUT2D eigenvalue weighted by molar-refractivity contribution is 0.312. The lowest BCUT2D eigenvalue weighted by Crippen LogP contribution is -2.34. The van der Waals surface area contributed by atoms with E-state index in [1.54, 1.807) is 0 Å². The minimum atomic E-state index is 0.566. The zero-order valence-electron chi connectivity index (χ0n) is 15.9. The van der Waals surface area contributed by atoms with Crippen molar-refractivity contribution in [1.29, 1.82) is 0 Å². The highest BCUT2D eigenvalue weighted by atomic mass is 15.2. The summed E-state index contributed by atoms with van der Waals surface area (Å²) in [6.45, 7) is 13.0. The fourth-order valence-corrected chi connectivity index (χ4v) is 4.28. The number of likely N-dealkylation sites (tertiary alicyclic amines) is 1. The molecule has 3 heterocycles. The molecule has 3 rings (SSSR count). The average molecular weight is 330 g/mol. The fraction of sp³-hybridized carbons (Fsp3) is 0.762. The first kappa shape index (κ1) is 17.7. The number of aromatic nitrogens is 1. The molecule has 0 aliphatic carbocycles. The maximum atomic E-state index is 4.70. The van der Waals surface area contributed by atoms with Crippen LogP contribution >= 0.6 is 0 Å². The van der Waals surface area contributed by atoms with E-state index in [4.69, 9.17) is 4.98 Å². The molecule has 0 amide bonds. The van der Waals surface area contributed by atoms with Crippen LogP contribution < -0.4 is 4.90 Å². The van der Waals surface area contributed by atoms with Crippen LogP contribution in [0.4, 0.5) is 5.82 Å². The molecule has 0 saturated carbocycles. The topological polar surface area (TPSA) is 19.4 Å². The van der Waals surface area contributed by atoms with Crippen molar-refractivity contribution in [2.75, 3.05) is 37.6 Å². The summed E-state index contributed by atoms with van der Waals surface area (Å²) in [4.78, 5) is 9.79. The summed E-state index contributed by atoms with van der Waals surface area (Å²) in [6, 6.07) is 4.46. The lowest BCUT2D eigenvalue weighted by Gasteiger charge is -2.33. The fourth-order valence-electron chi connectivity index (χ4n) is 4.28. The molecule has 0 bridgehead atoms. The summed E-state index contributed by atoms with van der Waals surface area (Å²) in [5, 5.41) is 0. The molecular weight excluding hydrogens is 294 g/mol. The Bertz CT molecular complexity index is 488. The first-order chi connectivity index (χ1) is 11.7. The predicted octanol–water partition coefficient (Wildman–Crippen LogP) is 4.54. The van der Waals surface area contributed by atoms with Gasteiger partial charge in [0, 0.05) is 25.8 Å². The number of nitrogens with zero attached hydrogens (tertiary/aromatic N) is 3. The zero-order valence-corrected chi connectivity index (χ0v) is 15.9. The number of hydrogen-bond donors (Lipinski definition) is 0. The van der Waals surface area contributed by atoms with Gasteiger partial charge in [-0.2, -0.15) is 0 Å². The molecule has 0 N–H and O–H groups in total. The van der Waals surface area contributed by atoms with Crippen LogP contribution in [0.2, 0.25) is 0 Å². The van der Waals surface area contributed by atoms with E-state index in [-0.39, 0.29) is 0 Å². The van der Waals surface area contributed by atoms with Crippen LogP contribution in [-0.2, 0) is 0 Å². The molecule has 1 aromatic rings. The van der Waals surface area contributed by atoms with Gasteiger partial charge < -0.3 is 9.80 Å². The maximum absolute atomic E-state index is 4.70. The molecule has 1 atom stereocenters. The van der Waals surface area contributed by atoms with Crippen LogP contribution in [0.15, 0.2) is 18.3 Å². The van der Waals surface area contributed by atoms with Crippen LogP contribution in [0.25, 0.3) is 0 Å². The van der Waals surface area contributed by atoms with Gasteiger partial charge in [-0.05, 0) is 68.2 Å². The Balaban J connectivity index is 1.41. The molecule has 0 spiro atoms. The smallest absolute Gasteiger partial charge is 0.128 e. The quantitative estimate of drug-likeness (QED) is 0.763. The van der Waals surface area contributed by atoms with E-state index in [0.29, 0.717) is 5.92 Å². The summed E-state index contributed by atoms with van der Waals surface area (Å²) in [5.74, 6) is 3.64. The molecule has 3 heteroatoms. The summed E-state index contributed by atoms with van der Waals surface area (Å²) in [5.41, 5.74) is 1.34. The Kier molecular flexibility index (Phi) is 6.15. The molecule has 0 radical (unpaired) electrons. The van der Waals surface area contributed by atoms with Crippen molar-refractivity contribution in [1.82, 2.24) is 9.88 Å². The van der Waals surface area contributed by atoms with E-state index in [1.165, 1.54) is 76.2 Å². The normalized spacial score (nSPS) is 23.3. The first-order valence-corrected chi connectivity index (χ1v) is 10.1. The van der Waals surface area contributed by atoms with Gasteiger partial charge in [-0.1, -0.05) is 33.3 Å². The van der Waals surface area contributed by atoms with Crippen molar-refractivity contribution >= 4 is 5.82 Å². The third kappa shape index (κ3) is 4.50. The average Bonchev–Trinajstić information content (AvgIpc) is 3.09. The Hall–Kier alpha value is -1.09. The van der Waals surface area contributed by atoms with Gasteiger partial charge in [0.2, 0.25) is 0 Å². The Labute approximate surface area is 148 Å². The van der Waals surface area contributed by atoms with Crippen LogP contribution in [0.3, 0.4) is 0 Å². The number of anilines is 1. The minimum absolute atomic E-state index is 0.566. The highest BCUT2D eigenvalue weighted by Gasteiger charge is 2.24. The van der Waals surface area contributed by atoms with Crippen molar-refractivity contribution in [2.45, 2.75) is 58.8 Å². The van der Waals surface area contributed by atoms with Crippen molar-refractivity contribution < 1.29 is 0 Å². The molecule has 2 aliphatic rings. The molecule has 0 aromatic carbocycles. The molecule has 24 heavy (non-hydrogen) atoms. The van der Waals surface area contributed by atoms with Gasteiger partial charge in [0.1, 0.15) is 5.82 Å². The van der Waals surface area contributed by atoms with Crippen molar-refractivity contribution in [3.63, 3.8) is 0 Å². The summed E-state index contributed by atoms with van der Waals surface area (Å²) in [6.07, 6.45) is 9.07. The molecular formula is C21H35N3. The molecule has 2 aliphatic heterocycles. The monoisotopic (exact) mass is 329 g/mol. The lowest BCUT2D eigenvalue weighted by atomic mass is 9.88. The zero-order chi connectivity index (χ0) is 16.9. The van der Waals surface area contributed by atoms with Gasteiger partial charge in [0.15, 0.2) is 0 Å². The van der Waals surface area contributed by atoms with E-state index in [2.05, 4.69) is 48.9 Å². The first-order valence-electron chi connectivity index (χ1n) is 10.1. The molecule has 134 valence electrons. The number of piperidine rings is 1. The number of pyridine rings is 1. The largest absolute Gasteiger partial charge is 0.357 e. The van der Waals surface area contributed by atoms with Crippen molar-refractivity contribution in [2.24, 2.45) is 11.8 Å². The van der Waals surface area contributed by atoms with Crippen LogP contribution in [0.1, 0.15) is 64.4 Å². The summed E-state index contributed by atoms with van der Waals surface area (Å²) >= 11 is 0. The Morgan fingerprint density at radius 1 is 1.04 bits per heavy atom.